The molecule has 92 valence electrons. The van der Waals surface area contributed by atoms with Gasteiger partial charge in [0.25, 0.3) is 11.6 Å². The molecule has 0 radical (unpaired) electrons. The highest BCUT2D eigenvalue weighted by Crippen LogP contribution is 2.22. The zero-order chi connectivity index (χ0) is 13.0. The zero-order valence-corrected chi connectivity index (χ0v) is 11.3. The molecule has 1 amide bonds. The zero-order valence-electron chi connectivity index (χ0n) is 8.94. The third-order valence-corrected chi connectivity index (χ3v) is 3.22. The lowest BCUT2D eigenvalue weighted by molar-refractivity contribution is -0.385. The van der Waals surface area contributed by atoms with Crippen molar-refractivity contribution in [2.45, 2.75) is 13.0 Å². The monoisotopic (exact) mass is 320 g/mol. The molecule has 1 aromatic rings. The summed E-state index contributed by atoms with van der Waals surface area (Å²) in [5.74, 6) is -0.508. The summed E-state index contributed by atoms with van der Waals surface area (Å²) in [6.45, 7) is 1.78. The van der Waals surface area contributed by atoms with Crippen LogP contribution in [0.1, 0.15) is 17.3 Å². The molecule has 0 spiro atoms. The van der Waals surface area contributed by atoms with E-state index in [1.54, 1.807) is 6.92 Å². The molecular weight excluding hydrogens is 311 g/mol. The van der Waals surface area contributed by atoms with Gasteiger partial charge in [-0.1, -0.05) is 27.5 Å². The van der Waals surface area contributed by atoms with E-state index in [1.165, 1.54) is 18.2 Å². The van der Waals surface area contributed by atoms with Gasteiger partial charge in [-0.2, -0.15) is 0 Å². The molecule has 0 aliphatic rings. The largest absolute Gasteiger partial charge is 0.349 e. The Balaban J connectivity index is 3.06. The number of nitrogens with one attached hydrogen (secondary N) is 1. The van der Waals surface area contributed by atoms with Crippen LogP contribution in [0.4, 0.5) is 5.69 Å². The molecule has 0 fully saturated rings. The first kappa shape index (κ1) is 13.9. The van der Waals surface area contributed by atoms with Crippen molar-refractivity contribution in [1.29, 1.82) is 0 Å². The van der Waals surface area contributed by atoms with E-state index in [2.05, 4.69) is 21.2 Å². The maximum Gasteiger partial charge on any atom is 0.282 e. The van der Waals surface area contributed by atoms with Crippen molar-refractivity contribution < 1.29 is 9.72 Å². The number of halogens is 2. The molecule has 0 bridgehead atoms. The fourth-order valence-electron chi connectivity index (χ4n) is 1.19. The van der Waals surface area contributed by atoms with E-state index < -0.39 is 10.8 Å². The van der Waals surface area contributed by atoms with Crippen molar-refractivity contribution in [1.82, 2.24) is 5.32 Å². The van der Waals surface area contributed by atoms with Gasteiger partial charge in [0.15, 0.2) is 0 Å². The van der Waals surface area contributed by atoms with Crippen molar-refractivity contribution >= 4 is 39.1 Å². The van der Waals surface area contributed by atoms with E-state index in [0.717, 1.165) is 0 Å². The minimum atomic E-state index is -0.607. The van der Waals surface area contributed by atoms with Crippen LogP contribution in [0.3, 0.4) is 0 Å². The van der Waals surface area contributed by atoms with Crippen molar-refractivity contribution in [3.8, 4) is 0 Å². The Morgan fingerprint density at radius 3 is 2.82 bits per heavy atom. The molecule has 0 aromatic heterocycles. The molecule has 17 heavy (non-hydrogen) atoms. The first-order valence-corrected chi connectivity index (χ1v) is 6.26. The van der Waals surface area contributed by atoms with Crippen molar-refractivity contribution in [2.75, 3.05) is 5.33 Å². The Kier molecular flexibility index (Phi) is 4.89. The molecule has 1 unspecified atom stereocenters. The van der Waals surface area contributed by atoms with Crippen molar-refractivity contribution in [3.63, 3.8) is 0 Å². The van der Waals surface area contributed by atoms with Gasteiger partial charge in [-0.3, -0.25) is 14.9 Å². The van der Waals surface area contributed by atoms with Gasteiger partial charge in [-0.05, 0) is 19.1 Å². The average molecular weight is 322 g/mol. The van der Waals surface area contributed by atoms with Crippen LogP contribution in [0.15, 0.2) is 18.2 Å². The Bertz CT molecular complexity index is 453. The van der Waals surface area contributed by atoms with Crippen LogP contribution in [0.2, 0.25) is 5.02 Å². The lowest BCUT2D eigenvalue weighted by Gasteiger charge is -2.10. The van der Waals surface area contributed by atoms with Crippen LogP contribution in [0.25, 0.3) is 0 Å². The molecule has 1 rings (SSSR count). The minimum Gasteiger partial charge on any atom is -0.349 e. The molecule has 0 saturated carbocycles. The number of benzene rings is 1. The number of hydrogen-bond acceptors (Lipinski definition) is 3. The van der Waals surface area contributed by atoms with E-state index in [0.29, 0.717) is 5.33 Å². The number of amides is 1. The van der Waals surface area contributed by atoms with E-state index >= 15 is 0 Å². The quantitative estimate of drug-likeness (QED) is 0.526. The lowest BCUT2D eigenvalue weighted by Crippen LogP contribution is -2.33. The van der Waals surface area contributed by atoms with Crippen LogP contribution in [0, 0.1) is 10.1 Å². The second-order valence-electron chi connectivity index (χ2n) is 3.45. The van der Waals surface area contributed by atoms with Gasteiger partial charge in [0.2, 0.25) is 0 Å². The number of nitrogens with zero attached hydrogens (tertiary/aromatic N) is 1. The maximum atomic E-state index is 11.8. The summed E-state index contributed by atoms with van der Waals surface area (Å²) >= 11 is 8.93. The summed E-state index contributed by atoms with van der Waals surface area (Å²) in [5, 5.41) is 14.2. The predicted octanol–water partition coefficient (Wildman–Crippen LogP) is 2.76. The van der Waals surface area contributed by atoms with Crippen molar-refractivity contribution in [3.05, 3.63) is 38.9 Å². The first-order valence-electron chi connectivity index (χ1n) is 4.76. The molecule has 1 aromatic carbocycles. The summed E-state index contributed by atoms with van der Waals surface area (Å²) in [6, 6.07) is 3.76. The second kappa shape index (κ2) is 5.97. The van der Waals surface area contributed by atoms with Gasteiger partial charge in [-0.25, -0.2) is 0 Å². The summed E-state index contributed by atoms with van der Waals surface area (Å²) in [4.78, 5) is 22.0. The van der Waals surface area contributed by atoms with Gasteiger partial charge >= 0.3 is 0 Å². The van der Waals surface area contributed by atoms with E-state index in [1.807, 2.05) is 0 Å². The highest BCUT2D eigenvalue weighted by atomic mass is 79.9. The number of hydrogen-bond donors (Lipinski definition) is 1. The molecular formula is C10H10BrClN2O3. The maximum absolute atomic E-state index is 11.8. The molecule has 1 atom stereocenters. The fraction of sp³-hybridized carbons (Fsp3) is 0.300. The van der Waals surface area contributed by atoms with Crippen LogP contribution in [-0.2, 0) is 0 Å². The predicted molar refractivity (Wildman–Crippen MR) is 68.8 cm³/mol. The van der Waals surface area contributed by atoms with E-state index in [9.17, 15) is 14.9 Å². The third-order valence-electron chi connectivity index (χ3n) is 2.01. The molecule has 0 aliphatic carbocycles. The summed E-state index contributed by atoms with van der Waals surface area (Å²) in [7, 11) is 0. The summed E-state index contributed by atoms with van der Waals surface area (Å²) in [5.41, 5.74) is -0.288. The first-order chi connectivity index (χ1) is 7.95. The van der Waals surface area contributed by atoms with Gasteiger partial charge < -0.3 is 5.32 Å². The average Bonchev–Trinajstić information content (AvgIpc) is 2.28. The highest BCUT2D eigenvalue weighted by molar-refractivity contribution is 9.09. The Hall–Kier alpha value is -1.14. The van der Waals surface area contributed by atoms with Gasteiger partial charge in [0.05, 0.1) is 4.92 Å². The highest BCUT2D eigenvalue weighted by Gasteiger charge is 2.21. The van der Waals surface area contributed by atoms with Crippen LogP contribution >= 0.6 is 27.5 Å². The molecule has 5 nitrogen and oxygen atoms in total. The molecule has 7 heteroatoms. The van der Waals surface area contributed by atoms with Crippen molar-refractivity contribution in [2.24, 2.45) is 0 Å². The smallest absolute Gasteiger partial charge is 0.282 e. The molecule has 0 heterocycles. The molecule has 0 aliphatic heterocycles. The Labute approximate surface area is 111 Å². The van der Waals surface area contributed by atoms with Crippen LogP contribution in [0.5, 0.6) is 0 Å². The number of nitro benzene ring substituents is 1. The standard InChI is InChI=1S/C10H10BrClN2O3/c1-6(5-11)13-10(15)8-4-7(12)2-3-9(8)14(16)17/h2-4,6H,5H2,1H3,(H,13,15). The van der Waals surface area contributed by atoms with Crippen LogP contribution < -0.4 is 5.32 Å². The van der Waals surface area contributed by atoms with Crippen LogP contribution in [-0.4, -0.2) is 22.2 Å². The number of nitro groups is 1. The number of carbonyl (C=O) groups excluding carboxylic acids is 1. The Morgan fingerprint density at radius 1 is 1.65 bits per heavy atom. The normalized spacial score (nSPS) is 11.9. The van der Waals surface area contributed by atoms with E-state index in [-0.39, 0.29) is 22.3 Å². The lowest BCUT2D eigenvalue weighted by atomic mass is 10.1. The Morgan fingerprint density at radius 2 is 2.29 bits per heavy atom. The third kappa shape index (κ3) is 3.67. The topological polar surface area (TPSA) is 72.2 Å². The summed E-state index contributed by atoms with van der Waals surface area (Å²) in [6.07, 6.45) is 0. The SMILES string of the molecule is CC(CBr)NC(=O)c1cc(Cl)ccc1[N+](=O)[O-]. The summed E-state index contributed by atoms with van der Waals surface area (Å²) < 4.78 is 0. The fourth-order valence-corrected chi connectivity index (χ4v) is 1.52. The minimum absolute atomic E-state index is 0.0321. The number of rotatable bonds is 4. The van der Waals surface area contributed by atoms with E-state index in [4.69, 9.17) is 11.6 Å². The van der Waals surface area contributed by atoms with Gasteiger partial charge in [0, 0.05) is 22.5 Å². The number of alkyl halides is 1. The van der Waals surface area contributed by atoms with Gasteiger partial charge in [-0.15, -0.1) is 0 Å². The van der Waals surface area contributed by atoms with Gasteiger partial charge in [0.1, 0.15) is 5.56 Å². The number of carbonyl (C=O) groups is 1. The molecule has 1 N–H and O–H groups in total. The molecule has 0 saturated heterocycles. The second-order valence-corrected chi connectivity index (χ2v) is 4.53.